The molecule has 0 bridgehead atoms. The molecule has 0 spiro atoms. The van der Waals surface area contributed by atoms with Gasteiger partial charge < -0.3 is 19.9 Å². The van der Waals surface area contributed by atoms with Crippen LogP contribution in [0.25, 0.3) is 10.4 Å². The minimum atomic E-state index is -0.623. The first-order valence-electron chi connectivity index (χ1n) is 8.82. The zero-order chi connectivity index (χ0) is 20.9. The number of ether oxygens (including phenoxy) is 3. The molecule has 6 nitrogen and oxygen atoms in total. The number of thiophene rings is 1. The molecule has 8 heteroatoms. The molecule has 0 amide bonds. The van der Waals surface area contributed by atoms with Crippen molar-refractivity contribution in [1.82, 2.24) is 0 Å². The normalized spacial score (nSPS) is 11.2. The van der Waals surface area contributed by atoms with Gasteiger partial charge in [-0.2, -0.15) is 0 Å². The van der Waals surface area contributed by atoms with Gasteiger partial charge in [0.15, 0.2) is 17.2 Å². The van der Waals surface area contributed by atoms with Gasteiger partial charge in [-0.05, 0) is 60.8 Å². The molecular formula is C20H24BrNO5S. The molecule has 0 atom stereocenters. The van der Waals surface area contributed by atoms with Gasteiger partial charge >= 0.3 is 11.9 Å². The first-order valence-corrected chi connectivity index (χ1v) is 10.4. The molecule has 2 N–H and O–H groups in total. The first kappa shape index (κ1) is 22.2. The molecule has 1 aromatic heterocycles. The van der Waals surface area contributed by atoms with Crippen LogP contribution in [0.4, 0.5) is 5.69 Å². The summed E-state index contributed by atoms with van der Waals surface area (Å²) in [5, 5.41) is 0. The fraction of sp³-hybridized carbons (Fsp3) is 0.400. The SMILES string of the molecule is CCCOC(=O)c1sc(-c2cccc(N)c2)c(Br)c1OCC(=O)OC(C)(C)C. The van der Waals surface area contributed by atoms with Crippen molar-refractivity contribution in [1.29, 1.82) is 0 Å². The third kappa shape index (κ3) is 5.97. The Morgan fingerprint density at radius 3 is 2.57 bits per heavy atom. The summed E-state index contributed by atoms with van der Waals surface area (Å²) in [4.78, 5) is 25.6. The molecule has 0 unspecified atom stereocenters. The Kier molecular flexibility index (Phi) is 7.48. The molecule has 0 aliphatic carbocycles. The van der Waals surface area contributed by atoms with E-state index in [1.807, 2.05) is 19.1 Å². The van der Waals surface area contributed by atoms with Crippen molar-refractivity contribution in [3.05, 3.63) is 33.6 Å². The van der Waals surface area contributed by atoms with E-state index in [2.05, 4.69) is 15.9 Å². The van der Waals surface area contributed by atoms with Crippen LogP contribution in [0, 0.1) is 0 Å². The quantitative estimate of drug-likeness (QED) is 0.450. The molecule has 0 aliphatic rings. The lowest BCUT2D eigenvalue weighted by molar-refractivity contribution is -0.157. The third-order valence-electron chi connectivity index (χ3n) is 3.33. The largest absolute Gasteiger partial charge is 0.479 e. The Balaban J connectivity index is 2.35. The Hall–Kier alpha value is -2.06. The number of hydrogen-bond acceptors (Lipinski definition) is 7. The number of nitrogens with two attached hydrogens (primary N) is 1. The average Bonchev–Trinajstić information content (AvgIpc) is 2.93. The molecule has 0 radical (unpaired) electrons. The van der Waals surface area contributed by atoms with Crippen LogP contribution < -0.4 is 10.5 Å². The monoisotopic (exact) mass is 469 g/mol. The molecule has 1 aromatic carbocycles. The summed E-state index contributed by atoms with van der Waals surface area (Å²) < 4.78 is 16.8. The predicted octanol–water partition coefficient (Wildman–Crippen LogP) is 5.05. The van der Waals surface area contributed by atoms with E-state index in [1.54, 1.807) is 32.9 Å². The number of esters is 2. The lowest BCUT2D eigenvalue weighted by Crippen LogP contribution is -2.27. The number of hydrogen-bond donors (Lipinski definition) is 1. The van der Waals surface area contributed by atoms with Gasteiger partial charge in [0.25, 0.3) is 0 Å². The number of nitrogen functional groups attached to an aromatic ring is 1. The highest BCUT2D eigenvalue weighted by atomic mass is 79.9. The number of halogens is 1. The Morgan fingerprint density at radius 2 is 1.96 bits per heavy atom. The number of carbonyl (C=O) groups is 2. The van der Waals surface area contributed by atoms with E-state index in [4.69, 9.17) is 19.9 Å². The van der Waals surface area contributed by atoms with Crippen molar-refractivity contribution in [3.63, 3.8) is 0 Å². The zero-order valence-electron chi connectivity index (χ0n) is 16.3. The maximum Gasteiger partial charge on any atom is 0.352 e. The average molecular weight is 470 g/mol. The molecule has 0 saturated carbocycles. The summed E-state index contributed by atoms with van der Waals surface area (Å²) >= 11 is 4.71. The summed E-state index contributed by atoms with van der Waals surface area (Å²) in [6, 6.07) is 7.29. The standard InChI is InChI=1S/C20H24BrNO5S/c1-5-9-25-19(24)18-16(26-11-14(23)27-20(2,3)4)15(21)17(28-18)12-7-6-8-13(22)10-12/h6-8,10H,5,9,11,22H2,1-4H3. The highest BCUT2D eigenvalue weighted by Crippen LogP contribution is 2.46. The van der Waals surface area contributed by atoms with E-state index in [0.29, 0.717) is 23.2 Å². The van der Waals surface area contributed by atoms with Gasteiger partial charge in [-0.15, -0.1) is 11.3 Å². The lowest BCUT2D eigenvalue weighted by Gasteiger charge is -2.19. The Labute approximate surface area is 177 Å². The van der Waals surface area contributed by atoms with Gasteiger partial charge in [0.05, 0.1) is 16.0 Å². The fourth-order valence-electron chi connectivity index (χ4n) is 2.29. The van der Waals surface area contributed by atoms with Crippen LogP contribution in [0.1, 0.15) is 43.8 Å². The second-order valence-electron chi connectivity index (χ2n) is 7.04. The minimum Gasteiger partial charge on any atom is -0.479 e. The molecular weight excluding hydrogens is 446 g/mol. The number of carbonyl (C=O) groups excluding carboxylic acids is 2. The maximum atomic E-state index is 12.5. The van der Waals surface area contributed by atoms with Crippen molar-refractivity contribution in [2.75, 3.05) is 18.9 Å². The van der Waals surface area contributed by atoms with Gasteiger partial charge in [-0.1, -0.05) is 19.1 Å². The van der Waals surface area contributed by atoms with E-state index >= 15 is 0 Å². The molecule has 0 aliphatic heterocycles. The molecule has 0 fully saturated rings. The second kappa shape index (κ2) is 9.43. The summed E-state index contributed by atoms with van der Waals surface area (Å²) in [6.07, 6.45) is 0.703. The minimum absolute atomic E-state index is 0.259. The van der Waals surface area contributed by atoms with E-state index in [9.17, 15) is 9.59 Å². The third-order valence-corrected chi connectivity index (χ3v) is 5.55. The van der Waals surface area contributed by atoms with Crippen molar-refractivity contribution in [2.24, 2.45) is 0 Å². The number of benzene rings is 1. The van der Waals surface area contributed by atoms with E-state index in [-0.39, 0.29) is 17.2 Å². The van der Waals surface area contributed by atoms with Crippen LogP contribution in [0.15, 0.2) is 28.7 Å². The van der Waals surface area contributed by atoms with Crippen LogP contribution in [0.2, 0.25) is 0 Å². The molecule has 1 heterocycles. The highest BCUT2D eigenvalue weighted by Gasteiger charge is 2.26. The second-order valence-corrected chi connectivity index (χ2v) is 8.85. The molecule has 28 heavy (non-hydrogen) atoms. The van der Waals surface area contributed by atoms with Crippen LogP contribution in [0.5, 0.6) is 5.75 Å². The summed E-state index contributed by atoms with van der Waals surface area (Å²) in [7, 11) is 0. The first-order chi connectivity index (χ1) is 13.1. The van der Waals surface area contributed by atoms with Crippen LogP contribution in [0.3, 0.4) is 0 Å². The number of rotatable bonds is 7. The van der Waals surface area contributed by atoms with Crippen molar-refractivity contribution in [2.45, 2.75) is 39.7 Å². The van der Waals surface area contributed by atoms with Crippen molar-refractivity contribution >= 4 is 44.9 Å². The Bertz CT molecular complexity index is 857. The van der Waals surface area contributed by atoms with Gasteiger partial charge in [0.2, 0.25) is 0 Å². The topological polar surface area (TPSA) is 87.9 Å². The predicted molar refractivity (Wildman–Crippen MR) is 114 cm³/mol. The number of anilines is 1. The summed E-state index contributed by atoms with van der Waals surface area (Å²) in [5.41, 5.74) is 6.68. The van der Waals surface area contributed by atoms with Crippen molar-refractivity contribution < 1.29 is 23.8 Å². The van der Waals surface area contributed by atoms with Gasteiger partial charge in [-0.25, -0.2) is 9.59 Å². The van der Waals surface area contributed by atoms with Crippen LogP contribution >= 0.6 is 27.3 Å². The van der Waals surface area contributed by atoms with Gasteiger partial charge in [0, 0.05) is 5.69 Å². The Morgan fingerprint density at radius 1 is 1.25 bits per heavy atom. The van der Waals surface area contributed by atoms with Crippen molar-refractivity contribution in [3.8, 4) is 16.2 Å². The summed E-state index contributed by atoms with van der Waals surface area (Å²) in [5.74, 6) is -0.764. The van der Waals surface area contributed by atoms with E-state index in [1.165, 1.54) is 11.3 Å². The van der Waals surface area contributed by atoms with E-state index in [0.717, 1.165) is 10.4 Å². The smallest absolute Gasteiger partial charge is 0.352 e. The highest BCUT2D eigenvalue weighted by molar-refractivity contribution is 9.10. The van der Waals surface area contributed by atoms with Gasteiger partial charge in [0.1, 0.15) is 5.60 Å². The van der Waals surface area contributed by atoms with Crippen LogP contribution in [-0.4, -0.2) is 30.8 Å². The van der Waals surface area contributed by atoms with Crippen LogP contribution in [-0.2, 0) is 14.3 Å². The molecule has 0 saturated heterocycles. The molecule has 2 aromatic rings. The lowest BCUT2D eigenvalue weighted by atomic mass is 10.1. The van der Waals surface area contributed by atoms with E-state index < -0.39 is 17.5 Å². The zero-order valence-corrected chi connectivity index (χ0v) is 18.7. The molecule has 152 valence electrons. The molecule has 2 rings (SSSR count). The van der Waals surface area contributed by atoms with Gasteiger partial charge in [-0.3, -0.25) is 0 Å². The summed E-state index contributed by atoms with van der Waals surface area (Å²) in [6.45, 7) is 7.21. The fourth-order valence-corrected chi connectivity index (χ4v) is 4.23. The maximum absolute atomic E-state index is 12.5.